The quantitative estimate of drug-likeness (QED) is 0.707. The van der Waals surface area contributed by atoms with Crippen molar-refractivity contribution in [2.24, 2.45) is 5.92 Å². The molecule has 1 aliphatic heterocycles. The van der Waals surface area contributed by atoms with Crippen LogP contribution < -0.4 is 0 Å². The highest BCUT2D eigenvalue weighted by atomic mass is 16.5. The number of likely N-dealkylation sites (tertiary alicyclic amines) is 1. The summed E-state index contributed by atoms with van der Waals surface area (Å²) in [6.07, 6.45) is 8.58. The molecule has 2 rings (SSSR count). The predicted molar refractivity (Wildman–Crippen MR) is 67.5 cm³/mol. The van der Waals surface area contributed by atoms with Crippen LogP contribution in [-0.4, -0.2) is 30.5 Å². The molecule has 17 heavy (non-hydrogen) atoms. The number of ether oxygens (including phenoxy) is 1. The smallest absolute Gasteiger partial charge is 0.315 e. The van der Waals surface area contributed by atoms with E-state index in [2.05, 4.69) is 17.9 Å². The average Bonchev–Trinajstić information content (AvgIpc) is 2.40. The summed E-state index contributed by atoms with van der Waals surface area (Å²) in [5, 5.41) is 0. The molecule has 0 N–H and O–H groups in total. The van der Waals surface area contributed by atoms with E-state index in [9.17, 15) is 4.79 Å². The molecule has 3 heteroatoms. The van der Waals surface area contributed by atoms with Crippen molar-refractivity contribution in [1.29, 1.82) is 0 Å². The van der Waals surface area contributed by atoms with Gasteiger partial charge in [-0.1, -0.05) is 6.92 Å². The summed E-state index contributed by atoms with van der Waals surface area (Å²) in [6.45, 7) is 5.19. The number of carbonyl (C=O) groups is 1. The normalized spacial score (nSPS) is 26.4. The minimum absolute atomic E-state index is 0.00343. The van der Waals surface area contributed by atoms with Gasteiger partial charge in [-0.25, -0.2) is 0 Å². The van der Waals surface area contributed by atoms with Gasteiger partial charge in [0.15, 0.2) is 0 Å². The summed E-state index contributed by atoms with van der Waals surface area (Å²) in [7, 11) is 0. The molecule has 1 unspecified atom stereocenters. The van der Waals surface area contributed by atoms with Gasteiger partial charge in [0, 0.05) is 13.0 Å². The van der Waals surface area contributed by atoms with Gasteiger partial charge in [0.2, 0.25) is 0 Å². The summed E-state index contributed by atoms with van der Waals surface area (Å²) < 4.78 is 5.52. The zero-order valence-electron chi connectivity index (χ0n) is 10.8. The van der Waals surface area contributed by atoms with Crippen molar-refractivity contribution in [3.8, 4) is 0 Å². The number of piperidine rings is 1. The molecule has 0 saturated carbocycles. The zero-order chi connectivity index (χ0) is 12.1. The van der Waals surface area contributed by atoms with Crippen LogP contribution in [-0.2, 0) is 9.53 Å². The van der Waals surface area contributed by atoms with Gasteiger partial charge in [-0.2, -0.15) is 0 Å². The zero-order valence-corrected chi connectivity index (χ0v) is 10.8. The third kappa shape index (κ3) is 3.56. The van der Waals surface area contributed by atoms with Crippen LogP contribution >= 0.6 is 0 Å². The number of allylic oxidation sites excluding steroid dienone is 2. The third-order valence-electron chi connectivity index (χ3n) is 3.77. The van der Waals surface area contributed by atoms with Crippen LogP contribution in [0, 0.1) is 5.92 Å². The SMILES string of the molecule is CCN1CCCC(C(=O)OC2=CCCCC2)C1. The molecule has 96 valence electrons. The van der Waals surface area contributed by atoms with E-state index in [4.69, 9.17) is 4.74 Å². The van der Waals surface area contributed by atoms with Crippen LogP contribution in [0.15, 0.2) is 11.8 Å². The van der Waals surface area contributed by atoms with E-state index in [-0.39, 0.29) is 11.9 Å². The standard InChI is InChI=1S/C14H23NO2/c1-2-15-10-6-7-12(11-15)14(16)17-13-8-4-3-5-9-13/h8,12H,2-7,9-11H2,1H3. The van der Waals surface area contributed by atoms with E-state index in [1.54, 1.807) is 0 Å². The van der Waals surface area contributed by atoms with Gasteiger partial charge in [0.25, 0.3) is 0 Å². The molecule has 0 aromatic heterocycles. The van der Waals surface area contributed by atoms with Gasteiger partial charge < -0.3 is 9.64 Å². The Morgan fingerprint density at radius 2 is 2.35 bits per heavy atom. The maximum atomic E-state index is 12.0. The molecule has 3 nitrogen and oxygen atoms in total. The number of hydrogen-bond acceptors (Lipinski definition) is 3. The highest BCUT2D eigenvalue weighted by Crippen LogP contribution is 2.22. The second kappa shape index (κ2) is 6.20. The topological polar surface area (TPSA) is 29.5 Å². The summed E-state index contributed by atoms with van der Waals surface area (Å²) in [6, 6.07) is 0. The van der Waals surface area contributed by atoms with Crippen molar-refractivity contribution >= 4 is 5.97 Å². The van der Waals surface area contributed by atoms with Gasteiger partial charge in [0.1, 0.15) is 5.76 Å². The molecule has 1 heterocycles. The Morgan fingerprint density at radius 1 is 1.47 bits per heavy atom. The fourth-order valence-electron chi connectivity index (χ4n) is 2.65. The minimum atomic E-state index is -0.00343. The molecule has 1 saturated heterocycles. The highest BCUT2D eigenvalue weighted by molar-refractivity contribution is 5.74. The van der Waals surface area contributed by atoms with Crippen LogP contribution in [0.2, 0.25) is 0 Å². The minimum Gasteiger partial charge on any atom is -0.431 e. The van der Waals surface area contributed by atoms with Crippen molar-refractivity contribution in [3.63, 3.8) is 0 Å². The fourth-order valence-corrected chi connectivity index (χ4v) is 2.65. The van der Waals surface area contributed by atoms with Crippen molar-refractivity contribution in [2.75, 3.05) is 19.6 Å². The lowest BCUT2D eigenvalue weighted by atomic mass is 9.98. The lowest BCUT2D eigenvalue weighted by Gasteiger charge is -2.30. The van der Waals surface area contributed by atoms with Gasteiger partial charge in [0.05, 0.1) is 5.92 Å². The monoisotopic (exact) mass is 237 g/mol. The van der Waals surface area contributed by atoms with E-state index in [0.717, 1.165) is 57.5 Å². The molecule has 2 aliphatic rings. The van der Waals surface area contributed by atoms with Crippen LogP contribution in [0.3, 0.4) is 0 Å². The van der Waals surface area contributed by atoms with Crippen molar-refractivity contribution in [1.82, 2.24) is 4.90 Å². The Balaban J connectivity index is 1.84. The molecule has 0 radical (unpaired) electrons. The van der Waals surface area contributed by atoms with E-state index in [1.165, 1.54) is 6.42 Å². The highest BCUT2D eigenvalue weighted by Gasteiger charge is 2.27. The van der Waals surface area contributed by atoms with Crippen molar-refractivity contribution < 1.29 is 9.53 Å². The first-order chi connectivity index (χ1) is 8.29. The molecule has 0 aromatic carbocycles. The number of nitrogens with zero attached hydrogens (tertiary/aromatic N) is 1. The first-order valence-corrected chi connectivity index (χ1v) is 6.92. The van der Waals surface area contributed by atoms with Crippen LogP contribution in [0.5, 0.6) is 0 Å². The van der Waals surface area contributed by atoms with Gasteiger partial charge in [-0.15, -0.1) is 0 Å². The maximum Gasteiger partial charge on any atom is 0.315 e. The van der Waals surface area contributed by atoms with E-state index < -0.39 is 0 Å². The second-order valence-electron chi connectivity index (χ2n) is 5.07. The van der Waals surface area contributed by atoms with Gasteiger partial charge >= 0.3 is 5.97 Å². The molecule has 0 spiro atoms. The Bertz CT molecular complexity index is 299. The molecule has 0 bridgehead atoms. The Kier molecular flexibility index (Phi) is 4.60. The fraction of sp³-hybridized carbons (Fsp3) is 0.786. The number of carbonyl (C=O) groups excluding carboxylic acids is 1. The van der Waals surface area contributed by atoms with Crippen LogP contribution in [0.4, 0.5) is 0 Å². The summed E-state index contributed by atoms with van der Waals surface area (Å²) >= 11 is 0. The summed E-state index contributed by atoms with van der Waals surface area (Å²) in [5.74, 6) is 0.998. The maximum absolute atomic E-state index is 12.0. The van der Waals surface area contributed by atoms with Crippen molar-refractivity contribution in [2.45, 2.75) is 45.4 Å². The molecule has 0 amide bonds. The lowest BCUT2D eigenvalue weighted by Crippen LogP contribution is -2.39. The number of hydrogen-bond donors (Lipinski definition) is 0. The Hall–Kier alpha value is -0.830. The van der Waals surface area contributed by atoms with Crippen LogP contribution in [0.1, 0.15) is 45.4 Å². The Labute approximate surface area is 104 Å². The molecule has 1 fully saturated rings. The largest absolute Gasteiger partial charge is 0.431 e. The molecule has 1 atom stereocenters. The molecule has 1 aliphatic carbocycles. The van der Waals surface area contributed by atoms with Gasteiger partial charge in [-0.3, -0.25) is 4.79 Å². The number of rotatable bonds is 3. The third-order valence-corrected chi connectivity index (χ3v) is 3.77. The first-order valence-electron chi connectivity index (χ1n) is 6.92. The van der Waals surface area contributed by atoms with Crippen LogP contribution in [0.25, 0.3) is 0 Å². The second-order valence-corrected chi connectivity index (χ2v) is 5.07. The lowest BCUT2D eigenvalue weighted by molar-refractivity contribution is -0.146. The van der Waals surface area contributed by atoms with E-state index >= 15 is 0 Å². The Morgan fingerprint density at radius 3 is 3.06 bits per heavy atom. The molecular formula is C14H23NO2. The molecule has 0 aromatic rings. The van der Waals surface area contributed by atoms with E-state index in [0.29, 0.717) is 0 Å². The predicted octanol–water partition coefficient (Wildman–Crippen LogP) is 2.72. The van der Waals surface area contributed by atoms with E-state index in [1.807, 2.05) is 0 Å². The summed E-state index contributed by atoms with van der Waals surface area (Å²) in [4.78, 5) is 14.4. The number of esters is 1. The summed E-state index contributed by atoms with van der Waals surface area (Å²) in [5.41, 5.74) is 0. The average molecular weight is 237 g/mol. The van der Waals surface area contributed by atoms with Gasteiger partial charge in [-0.05, 0) is 51.3 Å². The first kappa shape index (κ1) is 12.6. The molecular weight excluding hydrogens is 214 g/mol. The van der Waals surface area contributed by atoms with Crippen molar-refractivity contribution in [3.05, 3.63) is 11.8 Å².